The SMILES string of the molecule is CC1=C(C(=O)OCCCCOC(=O)C2=C(C)NC3=C(C(=O)CCC3)[C@H]2c2ccc(C)o2)[C@@H](c2ccc(C)o2)C2=C(CCCC2=O)N1. The molecule has 2 aliphatic heterocycles. The zero-order valence-corrected chi connectivity index (χ0v) is 26.8. The third-order valence-electron chi connectivity index (χ3n) is 9.09. The summed E-state index contributed by atoms with van der Waals surface area (Å²) in [5.74, 6) is 0.227. The fraction of sp³-hybridized carbons (Fsp3) is 0.444. The van der Waals surface area contributed by atoms with Crippen molar-refractivity contribution in [2.75, 3.05) is 13.2 Å². The number of hydrogen-bond acceptors (Lipinski definition) is 10. The third kappa shape index (κ3) is 6.00. The van der Waals surface area contributed by atoms with Crippen LogP contribution in [0.25, 0.3) is 0 Å². The second kappa shape index (κ2) is 13.0. The lowest BCUT2D eigenvalue weighted by Gasteiger charge is -2.33. The van der Waals surface area contributed by atoms with Crippen molar-refractivity contribution in [2.45, 2.75) is 90.9 Å². The van der Waals surface area contributed by atoms with E-state index >= 15 is 0 Å². The van der Waals surface area contributed by atoms with Gasteiger partial charge in [-0.2, -0.15) is 0 Å². The van der Waals surface area contributed by atoms with Crippen molar-refractivity contribution < 1.29 is 37.5 Å². The quantitative estimate of drug-likeness (QED) is 0.252. The lowest BCUT2D eigenvalue weighted by Crippen LogP contribution is -2.34. The van der Waals surface area contributed by atoms with Crippen LogP contribution in [0.3, 0.4) is 0 Å². The summed E-state index contributed by atoms with van der Waals surface area (Å²) in [4.78, 5) is 52.9. The van der Waals surface area contributed by atoms with Gasteiger partial charge in [-0.05, 0) is 90.5 Å². The second-order valence-corrected chi connectivity index (χ2v) is 12.4. The minimum Gasteiger partial charge on any atom is -0.465 e. The molecule has 4 aliphatic rings. The molecule has 0 saturated heterocycles. The van der Waals surface area contributed by atoms with E-state index in [0.29, 0.717) is 82.4 Å². The van der Waals surface area contributed by atoms with Crippen LogP contribution in [0.4, 0.5) is 0 Å². The maximum atomic E-state index is 13.4. The van der Waals surface area contributed by atoms with Gasteiger partial charge in [-0.3, -0.25) is 9.59 Å². The number of dihydropyridines is 2. The third-order valence-corrected chi connectivity index (χ3v) is 9.09. The fourth-order valence-electron chi connectivity index (χ4n) is 6.98. The number of carbonyl (C=O) groups excluding carboxylic acids is 4. The Bertz CT molecular complexity index is 1600. The minimum absolute atomic E-state index is 0.00993. The summed E-state index contributed by atoms with van der Waals surface area (Å²) in [6, 6.07) is 7.27. The van der Waals surface area contributed by atoms with Gasteiger partial charge >= 0.3 is 11.9 Å². The number of nitrogens with one attached hydrogen (secondary N) is 2. The molecule has 0 unspecified atom stereocenters. The number of ketones is 2. The van der Waals surface area contributed by atoms with Crippen LogP contribution >= 0.6 is 0 Å². The largest absolute Gasteiger partial charge is 0.465 e. The normalized spacial score (nSPS) is 21.6. The fourth-order valence-corrected chi connectivity index (χ4v) is 6.98. The Morgan fingerprint density at radius 2 is 1.09 bits per heavy atom. The molecule has 0 radical (unpaired) electrons. The number of unbranched alkanes of at least 4 members (excludes halogenated alkanes) is 1. The van der Waals surface area contributed by atoms with E-state index in [2.05, 4.69) is 10.6 Å². The number of carbonyl (C=O) groups is 4. The van der Waals surface area contributed by atoms with Gasteiger partial charge in [-0.15, -0.1) is 0 Å². The average Bonchev–Trinajstić information content (AvgIpc) is 3.65. The molecule has 0 aromatic carbocycles. The summed E-state index contributed by atoms with van der Waals surface area (Å²) in [5.41, 5.74) is 4.86. The number of esters is 2. The molecule has 2 aliphatic carbocycles. The van der Waals surface area contributed by atoms with Crippen molar-refractivity contribution in [1.82, 2.24) is 10.6 Å². The maximum absolute atomic E-state index is 13.4. The van der Waals surface area contributed by atoms with Crippen LogP contribution in [0.2, 0.25) is 0 Å². The van der Waals surface area contributed by atoms with Crippen molar-refractivity contribution in [3.63, 3.8) is 0 Å². The number of allylic oxidation sites excluding steroid dienone is 6. The van der Waals surface area contributed by atoms with Crippen LogP contribution < -0.4 is 10.6 Å². The Morgan fingerprint density at radius 3 is 1.46 bits per heavy atom. The second-order valence-electron chi connectivity index (χ2n) is 12.4. The van der Waals surface area contributed by atoms with Gasteiger partial charge in [0.2, 0.25) is 0 Å². The Kier molecular flexibility index (Phi) is 8.88. The standard InChI is InChI=1S/C36H40N2O8/c1-19-13-15-27(45-19)33-29(21(3)37-23-9-7-11-25(39)31(23)33)35(41)43-17-5-6-18-44-36(42)30-22(4)38-24-10-8-12-26(40)32(24)34(30)28-16-14-20(2)46-28/h13-16,33-34,37-38H,5-12,17-18H2,1-4H3/t33-,34+. The van der Waals surface area contributed by atoms with Gasteiger partial charge in [0.15, 0.2) is 11.6 Å². The highest BCUT2D eigenvalue weighted by molar-refractivity contribution is 6.04. The molecule has 46 heavy (non-hydrogen) atoms. The van der Waals surface area contributed by atoms with E-state index in [9.17, 15) is 19.2 Å². The summed E-state index contributed by atoms with van der Waals surface area (Å²) >= 11 is 0. The molecule has 0 fully saturated rings. The molecule has 6 rings (SSSR count). The van der Waals surface area contributed by atoms with E-state index in [-0.39, 0.29) is 24.8 Å². The number of aryl methyl sites for hydroxylation is 2. The first-order valence-electron chi connectivity index (χ1n) is 16.1. The predicted molar refractivity (Wildman–Crippen MR) is 167 cm³/mol. The maximum Gasteiger partial charge on any atom is 0.336 e. The highest BCUT2D eigenvalue weighted by Gasteiger charge is 2.42. The van der Waals surface area contributed by atoms with Crippen LogP contribution in [-0.4, -0.2) is 36.7 Å². The molecule has 2 aromatic rings. The Morgan fingerprint density at radius 1 is 0.674 bits per heavy atom. The van der Waals surface area contributed by atoms with Crippen molar-refractivity contribution in [3.05, 3.63) is 92.4 Å². The van der Waals surface area contributed by atoms with Gasteiger partial charge in [0.25, 0.3) is 0 Å². The Hall–Kier alpha value is -4.60. The van der Waals surface area contributed by atoms with Gasteiger partial charge in [0, 0.05) is 46.8 Å². The molecule has 0 saturated carbocycles. The number of Topliss-reactive ketones (excluding diaryl/α,β-unsaturated/α-hetero) is 2. The van der Waals surface area contributed by atoms with Gasteiger partial charge < -0.3 is 28.9 Å². The topological polar surface area (TPSA) is 137 Å². The predicted octanol–water partition coefficient (Wildman–Crippen LogP) is 5.99. The van der Waals surface area contributed by atoms with Crippen molar-refractivity contribution in [3.8, 4) is 0 Å². The van der Waals surface area contributed by atoms with Crippen molar-refractivity contribution >= 4 is 23.5 Å². The van der Waals surface area contributed by atoms with E-state index in [1.807, 2.05) is 52.0 Å². The molecule has 4 heterocycles. The number of rotatable bonds is 9. The van der Waals surface area contributed by atoms with Crippen LogP contribution in [0.1, 0.15) is 100 Å². The number of ether oxygens (including phenoxy) is 2. The first-order chi connectivity index (χ1) is 22.1. The first-order valence-corrected chi connectivity index (χ1v) is 16.1. The molecule has 10 nitrogen and oxygen atoms in total. The highest BCUT2D eigenvalue weighted by Crippen LogP contribution is 2.44. The summed E-state index contributed by atoms with van der Waals surface area (Å²) in [6.45, 7) is 7.51. The summed E-state index contributed by atoms with van der Waals surface area (Å²) < 4.78 is 23.2. The molecule has 2 atom stereocenters. The molecule has 2 aromatic heterocycles. The molecule has 0 spiro atoms. The molecule has 242 valence electrons. The summed E-state index contributed by atoms with van der Waals surface area (Å²) in [5, 5.41) is 6.56. The van der Waals surface area contributed by atoms with Crippen molar-refractivity contribution in [2.24, 2.45) is 0 Å². The van der Waals surface area contributed by atoms with Crippen molar-refractivity contribution in [1.29, 1.82) is 0 Å². The van der Waals surface area contributed by atoms with Gasteiger partial charge in [-0.25, -0.2) is 9.59 Å². The minimum atomic E-state index is -0.621. The lowest BCUT2D eigenvalue weighted by atomic mass is 9.77. The zero-order chi connectivity index (χ0) is 32.5. The van der Waals surface area contributed by atoms with Gasteiger partial charge in [0.05, 0.1) is 36.2 Å². The summed E-state index contributed by atoms with van der Waals surface area (Å²) in [6.07, 6.45) is 4.78. The lowest BCUT2D eigenvalue weighted by molar-refractivity contribution is -0.142. The zero-order valence-electron chi connectivity index (χ0n) is 26.8. The molecule has 0 amide bonds. The van der Waals surface area contributed by atoms with E-state index in [1.165, 1.54) is 0 Å². The Balaban J connectivity index is 1.07. The average molecular weight is 629 g/mol. The van der Waals surface area contributed by atoms with Gasteiger partial charge in [0.1, 0.15) is 23.0 Å². The first kappa shape index (κ1) is 31.4. The van der Waals surface area contributed by atoms with E-state index in [0.717, 1.165) is 37.1 Å². The smallest absolute Gasteiger partial charge is 0.336 e. The molecular weight excluding hydrogens is 588 g/mol. The number of hydrogen-bond donors (Lipinski definition) is 2. The van der Waals surface area contributed by atoms with Crippen LogP contribution in [0.15, 0.2) is 78.2 Å². The molecular formula is C36H40N2O8. The van der Waals surface area contributed by atoms with Crippen LogP contribution in [0.5, 0.6) is 0 Å². The van der Waals surface area contributed by atoms with Crippen LogP contribution in [-0.2, 0) is 28.7 Å². The van der Waals surface area contributed by atoms with Gasteiger partial charge in [-0.1, -0.05) is 0 Å². The highest BCUT2D eigenvalue weighted by atomic mass is 16.5. The molecule has 0 bridgehead atoms. The van der Waals surface area contributed by atoms with E-state index < -0.39 is 23.8 Å². The van der Waals surface area contributed by atoms with E-state index in [4.69, 9.17) is 18.3 Å². The Labute approximate surface area is 267 Å². The molecule has 2 N–H and O–H groups in total. The molecule has 10 heteroatoms. The summed E-state index contributed by atoms with van der Waals surface area (Å²) in [7, 11) is 0. The van der Waals surface area contributed by atoms with Crippen LogP contribution in [0, 0.1) is 13.8 Å². The number of furan rings is 2. The monoisotopic (exact) mass is 628 g/mol. The van der Waals surface area contributed by atoms with E-state index in [1.54, 1.807) is 0 Å².